The molecule has 0 heterocycles. The molecule has 0 aromatic rings. The van der Waals surface area contributed by atoms with Crippen LogP contribution in [0.15, 0.2) is 0 Å². The minimum Gasteiger partial charge on any atom is -0.247 e. The molecular weight excluding hydrogens is 199 g/mol. The van der Waals surface area contributed by atoms with Gasteiger partial charge < -0.3 is 0 Å². The molecule has 0 bridgehead atoms. The Balaban J connectivity index is 4.43. The Morgan fingerprint density at radius 1 is 1.23 bits per heavy atom. The predicted octanol–water partition coefficient (Wildman–Crippen LogP) is 2.17. The predicted molar refractivity (Wildman–Crippen MR) is 30.5 cm³/mol. The summed E-state index contributed by atoms with van der Waals surface area (Å²) in [6.07, 6.45) is -7.50. The first-order valence-corrected chi connectivity index (χ1v) is 3.23. The van der Waals surface area contributed by atoms with Crippen LogP contribution in [-0.4, -0.2) is 18.1 Å². The Kier molecular flexibility index (Phi) is 3.23. The summed E-state index contributed by atoms with van der Waals surface area (Å²) in [7, 11) is 0. The van der Waals surface area contributed by atoms with Crippen molar-refractivity contribution in [2.45, 2.75) is 25.4 Å². The summed E-state index contributed by atoms with van der Waals surface area (Å²) in [5.41, 5.74) is 0. The van der Waals surface area contributed by atoms with Crippen molar-refractivity contribution in [1.29, 1.82) is 0 Å². The lowest BCUT2D eigenvalue weighted by molar-refractivity contribution is -0.287. The topological polar surface area (TPSA) is 37.0 Å². The van der Waals surface area contributed by atoms with Crippen LogP contribution in [0.25, 0.3) is 0 Å². The maximum absolute atomic E-state index is 12.1. The molecule has 0 rings (SSSR count). The largest absolute Gasteiger partial charge is 0.453 e. The molecule has 0 fully saturated rings. The van der Waals surface area contributed by atoms with E-state index < -0.39 is 30.4 Å². The van der Waals surface area contributed by atoms with E-state index in [0.29, 0.717) is 0 Å². The molecule has 0 saturated heterocycles. The van der Waals surface area contributed by atoms with Crippen LogP contribution in [0.5, 0.6) is 0 Å². The number of carbonyl (C=O) groups is 1. The normalized spacial score (nSPS) is 15.5. The van der Waals surface area contributed by atoms with Gasteiger partial charge in [0.1, 0.15) is 0 Å². The van der Waals surface area contributed by atoms with Gasteiger partial charge in [-0.05, 0) is 0 Å². The van der Waals surface area contributed by atoms with Gasteiger partial charge in [-0.1, -0.05) is 6.92 Å². The minimum atomic E-state index is -5.71. The molecule has 1 radical (unpaired) electrons. The lowest BCUT2D eigenvalue weighted by Gasteiger charge is -2.20. The summed E-state index contributed by atoms with van der Waals surface area (Å²) < 4.78 is 58.7. The minimum absolute atomic E-state index is 0.731. The molecular formula is C6H6F5O2. The zero-order valence-corrected chi connectivity index (χ0v) is 6.49. The van der Waals surface area contributed by atoms with Gasteiger partial charge in [0.05, 0.1) is 5.92 Å². The zero-order chi connectivity index (χ0) is 10.9. The van der Waals surface area contributed by atoms with Gasteiger partial charge >= 0.3 is 18.1 Å². The van der Waals surface area contributed by atoms with E-state index in [4.69, 9.17) is 0 Å². The van der Waals surface area contributed by atoms with Crippen molar-refractivity contribution in [3.8, 4) is 0 Å². The van der Waals surface area contributed by atoms with Crippen LogP contribution < -0.4 is 0 Å². The molecule has 7 heteroatoms. The number of alkyl halides is 5. The third kappa shape index (κ3) is 3.16. The van der Waals surface area contributed by atoms with Crippen molar-refractivity contribution in [3.05, 3.63) is 0 Å². The summed E-state index contributed by atoms with van der Waals surface area (Å²) >= 11 is 0. The molecule has 0 aliphatic rings. The maximum Gasteiger partial charge on any atom is 0.453 e. The highest BCUT2D eigenvalue weighted by molar-refractivity contribution is 5.69. The van der Waals surface area contributed by atoms with Crippen LogP contribution in [0.2, 0.25) is 0 Å². The van der Waals surface area contributed by atoms with Gasteiger partial charge in [0, 0.05) is 6.42 Å². The number of hydrogen-bond acceptors (Lipinski definition) is 1. The third-order valence-corrected chi connectivity index (χ3v) is 1.38. The molecule has 0 aromatic carbocycles. The molecule has 1 unspecified atom stereocenters. The highest BCUT2D eigenvalue weighted by Crippen LogP contribution is 2.39. The standard InChI is InChI=1S/C6H6F5O2/c1-3(4(12)13)2-5(7,8)6(9,10)11/h3H,2H2,1H3. The highest BCUT2D eigenvalue weighted by atomic mass is 19.4. The molecule has 0 saturated carbocycles. The first-order valence-electron chi connectivity index (χ1n) is 3.23. The second-order valence-corrected chi connectivity index (χ2v) is 2.63. The maximum atomic E-state index is 12.1. The van der Waals surface area contributed by atoms with Crippen molar-refractivity contribution in [2.24, 2.45) is 5.92 Å². The second kappa shape index (κ2) is 3.47. The number of carbonyl (C=O) groups excluding carboxylic acids is 1. The first kappa shape index (κ1) is 12.1. The number of hydrogen-bond donors (Lipinski definition) is 0. The van der Waals surface area contributed by atoms with Crippen LogP contribution in [-0.2, 0) is 9.90 Å². The molecule has 13 heavy (non-hydrogen) atoms. The van der Waals surface area contributed by atoms with E-state index in [0.717, 1.165) is 6.92 Å². The van der Waals surface area contributed by atoms with Crippen molar-refractivity contribution in [3.63, 3.8) is 0 Å². The smallest absolute Gasteiger partial charge is 0.247 e. The van der Waals surface area contributed by atoms with Crippen LogP contribution in [0, 0.1) is 5.92 Å². The van der Waals surface area contributed by atoms with Gasteiger partial charge in [0.25, 0.3) is 0 Å². The average Bonchev–Trinajstić information content (AvgIpc) is 1.83. The van der Waals surface area contributed by atoms with Crippen LogP contribution >= 0.6 is 0 Å². The SMILES string of the molecule is CC(CC(F)(F)C(F)(F)F)C([O])=O. The Hall–Kier alpha value is -0.880. The van der Waals surface area contributed by atoms with Gasteiger partial charge in [-0.3, -0.25) is 0 Å². The van der Waals surface area contributed by atoms with E-state index in [1.165, 1.54) is 0 Å². The average molecular weight is 205 g/mol. The van der Waals surface area contributed by atoms with Crippen molar-refractivity contribution < 1.29 is 31.9 Å². The van der Waals surface area contributed by atoms with Crippen molar-refractivity contribution >= 4 is 5.97 Å². The molecule has 0 aromatic heterocycles. The molecule has 77 valence electrons. The molecule has 2 nitrogen and oxygen atoms in total. The fourth-order valence-corrected chi connectivity index (χ4v) is 0.584. The van der Waals surface area contributed by atoms with Gasteiger partial charge in [-0.25, -0.2) is 9.90 Å². The van der Waals surface area contributed by atoms with Gasteiger partial charge in [0.15, 0.2) is 0 Å². The van der Waals surface area contributed by atoms with Gasteiger partial charge in [-0.15, -0.1) is 0 Å². The zero-order valence-electron chi connectivity index (χ0n) is 6.49. The number of halogens is 5. The van der Waals surface area contributed by atoms with E-state index in [-0.39, 0.29) is 0 Å². The van der Waals surface area contributed by atoms with Crippen LogP contribution in [0.4, 0.5) is 22.0 Å². The van der Waals surface area contributed by atoms with E-state index in [9.17, 15) is 31.9 Å². The summed E-state index contributed by atoms with van der Waals surface area (Å²) in [5, 5.41) is 9.89. The monoisotopic (exact) mass is 205 g/mol. The summed E-state index contributed by atoms with van der Waals surface area (Å²) in [6.45, 7) is 0.731. The Morgan fingerprint density at radius 3 is 1.85 bits per heavy atom. The molecule has 0 aliphatic heterocycles. The molecule has 0 aliphatic carbocycles. The molecule has 0 N–H and O–H groups in total. The van der Waals surface area contributed by atoms with Crippen molar-refractivity contribution in [1.82, 2.24) is 0 Å². The van der Waals surface area contributed by atoms with Gasteiger partial charge in [0.2, 0.25) is 0 Å². The van der Waals surface area contributed by atoms with E-state index in [1.807, 2.05) is 0 Å². The van der Waals surface area contributed by atoms with Crippen LogP contribution in [0.3, 0.4) is 0 Å². The highest BCUT2D eigenvalue weighted by Gasteiger charge is 2.58. The van der Waals surface area contributed by atoms with E-state index in [1.54, 1.807) is 0 Å². The lowest BCUT2D eigenvalue weighted by Crippen LogP contribution is -2.38. The van der Waals surface area contributed by atoms with Gasteiger partial charge in [-0.2, -0.15) is 22.0 Å². The third-order valence-electron chi connectivity index (χ3n) is 1.38. The lowest BCUT2D eigenvalue weighted by atomic mass is 10.0. The Labute approximate surface area is 70.3 Å². The summed E-state index contributed by atoms with van der Waals surface area (Å²) in [4.78, 5) is 9.89. The second-order valence-electron chi connectivity index (χ2n) is 2.63. The van der Waals surface area contributed by atoms with Crippen LogP contribution in [0.1, 0.15) is 13.3 Å². The fourth-order valence-electron chi connectivity index (χ4n) is 0.584. The molecule has 1 atom stereocenters. The van der Waals surface area contributed by atoms with Crippen molar-refractivity contribution in [2.75, 3.05) is 0 Å². The Morgan fingerprint density at radius 2 is 1.62 bits per heavy atom. The first-order chi connectivity index (χ1) is 5.58. The number of rotatable bonds is 3. The summed E-state index contributed by atoms with van der Waals surface area (Å²) in [5.74, 6) is -8.74. The fraction of sp³-hybridized carbons (Fsp3) is 0.833. The molecule has 0 amide bonds. The van der Waals surface area contributed by atoms with E-state index in [2.05, 4.69) is 0 Å². The summed E-state index contributed by atoms with van der Waals surface area (Å²) in [6, 6.07) is 0. The quantitative estimate of drug-likeness (QED) is 0.650. The van der Waals surface area contributed by atoms with E-state index >= 15 is 0 Å². The Bertz CT molecular complexity index is 198. The molecule has 0 spiro atoms.